The van der Waals surface area contributed by atoms with E-state index in [-0.39, 0.29) is 11.0 Å². The summed E-state index contributed by atoms with van der Waals surface area (Å²) in [7, 11) is 1.34. The summed E-state index contributed by atoms with van der Waals surface area (Å²) in [5, 5.41) is 6.48. The van der Waals surface area contributed by atoms with Crippen LogP contribution in [0.2, 0.25) is 0 Å². The Kier molecular flexibility index (Phi) is 6.09. The third-order valence-electron chi connectivity index (χ3n) is 3.77. The maximum Gasteiger partial charge on any atom is 0.413 e. The van der Waals surface area contributed by atoms with Gasteiger partial charge < -0.3 is 14.8 Å². The zero-order valence-corrected chi connectivity index (χ0v) is 18.7. The van der Waals surface area contributed by atoms with E-state index in [2.05, 4.69) is 15.6 Å². The maximum atomic E-state index is 12.7. The molecule has 3 aromatic rings. The van der Waals surface area contributed by atoms with E-state index in [0.29, 0.717) is 21.1 Å². The molecule has 2 aromatic heterocycles. The van der Waals surface area contributed by atoms with Crippen molar-refractivity contribution in [1.82, 2.24) is 4.98 Å². The van der Waals surface area contributed by atoms with E-state index in [1.165, 1.54) is 18.4 Å². The van der Waals surface area contributed by atoms with E-state index in [1.807, 2.05) is 6.07 Å². The largest absolute Gasteiger partial charge is 0.465 e. The van der Waals surface area contributed by atoms with Crippen LogP contribution in [0.5, 0.6) is 0 Å². The molecule has 2 amide bonds. The van der Waals surface area contributed by atoms with E-state index in [9.17, 15) is 14.4 Å². The molecule has 0 bridgehead atoms. The van der Waals surface area contributed by atoms with E-state index < -0.39 is 17.7 Å². The molecule has 1 aromatic carbocycles. The molecule has 2 heterocycles. The van der Waals surface area contributed by atoms with Gasteiger partial charge in [-0.3, -0.25) is 10.1 Å². The summed E-state index contributed by atoms with van der Waals surface area (Å²) in [5.74, 6) is -0.739. The number of nitrogens with zero attached hydrogens (tertiary/aromatic N) is 1. The Hall–Kier alpha value is -2.98. The summed E-state index contributed by atoms with van der Waals surface area (Å²) in [6.07, 6.45) is -0.632. The molecule has 3 rings (SSSR count). The first kappa shape index (κ1) is 21.7. The van der Waals surface area contributed by atoms with Crippen LogP contribution in [-0.4, -0.2) is 35.7 Å². The highest BCUT2D eigenvalue weighted by Gasteiger charge is 2.20. The molecule has 0 unspecified atom stereocenters. The molecule has 0 aliphatic heterocycles. The summed E-state index contributed by atoms with van der Waals surface area (Å²) in [4.78, 5) is 41.4. The number of amides is 2. The van der Waals surface area contributed by atoms with Crippen LogP contribution >= 0.6 is 22.7 Å². The summed E-state index contributed by atoms with van der Waals surface area (Å²) in [6.45, 7) is 6.97. The Morgan fingerprint density at radius 1 is 1.07 bits per heavy atom. The third kappa shape index (κ3) is 5.14. The van der Waals surface area contributed by atoms with Crippen molar-refractivity contribution in [2.24, 2.45) is 0 Å². The molecular formula is C20H21N3O5S2. The third-order valence-corrected chi connectivity index (χ3v) is 5.94. The highest BCUT2D eigenvalue weighted by Crippen LogP contribution is 2.30. The number of rotatable bonds is 4. The molecule has 2 N–H and O–H groups in total. The van der Waals surface area contributed by atoms with Crippen molar-refractivity contribution in [3.8, 4) is 0 Å². The van der Waals surface area contributed by atoms with Crippen molar-refractivity contribution >= 4 is 61.5 Å². The molecule has 0 aliphatic carbocycles. The number of hydrogen-bond donors (Lipinski definition) is 2. The molecule has 8 nitrogen and oxygen atoms in total. The van der Waals surface area contributed by atoms with Crippen molar-refractivity contribution in [3.05, 3.63) is 39.7 Å². The van der Waals surface area contributed by atoms with E-state index in [0.717, 1.165) is 21.4 Å². The van der Waals surface area contributed by atoms with Crippen LogP contribution < -0.4 is 10.6 Å². The van der Waals surface area contributed by atoms with Gasteiger partial charge in [0, 0.05) is 10.4 Å². The zero-order valence-electron chi connectivity index (χ0n) is 17.1. The zero-order chi connectivity index (χ0) is 22.1. The van der Waals surface area contributed by atoms with Gasteiger partial charge >= 0.3 is 12.1 Å². The van der Waals surface area contributed by atoms with Crippen molar-refractivity contribution in [3.63, 3.8) is 0 Å². The number of thiophene rings is 1. The molecule has 0 radical (unpaired) electrons. The number of aromatic nitrogens is 1. The van der Waals surface area contributed by atoms with Gasteiger partial charge in [0.05, 0.1) is 12.8 Å². The van der Waals surface area contributed by atoms with Gasteiger partial charge in [0.2, 0.25) is 0 Å². The number of hydrogen-bond acceptors (Lipinski definition) is 8. The average Bonchev–Trinajstić information content (AvgIpc) is 3.22. The second-order valence-electron chi connectivity index (χ2n) is 7.37. The topological polar surface area (TPSA) is 107 Å². The number of nitrogens with one attached hydrogen (secondary N) is 2. The summed E-state index contributed by atoms with van der Waals surface area (Å²) < 4.78 is 10.9. The minimum atomic E-state index is -0.634. The predicted octanol–water partition coefficient (Wildman–Crippen LogP) is 5.05. The normalized spacial score (nSPS) is 11.2. The Labute approximate surface area is 181 Å². The van der Waals surface area contributed by atoms with Crippen LogP contribution in [-0.2, 0) is 9.47 Å². The van der Waals surface area contributed by atoms with Gasteiger partial charge in [-0.15, -0.1) is 11.3 Å². The molecule has 0 fully saturated rings. The minimum absolute atomic E-state index is 0.280. The Morgan fingerprint density at radius 3 is 2.47 bits per heavy atom. The summed E-state index contributed by atoms with van der Waals surface area (Å²) >= 11 is 2.38. The fraction of sp³-hybridized carbons (Fsp3) is 0.300. The van der Waals surface area contributed by atoms with E-state index in [4.69, 9.17) is 9.47 Å². The smallest absolute Gasteiger partial charge is 0.413 e. The lowest BCUT2D eigenvalue weighted by Crippen LogP contribution is -2.27. The van der Waals surface area contributed by atoms with Crippen molar-refractivity contribution in [2.75, 3.05) is 17.7 Å². The number of anilines is 2. The monoisotopic (exact) mass is 447 g/mol. The van der Waals surface area contributed by atoms with Crippen molar-refractivity contribution in [1.29, 1.82) is 0 Å². The van der Waals surface area contributed by atoms with E-state index >= 15 is 0 Å². The van der Waals surface area contributed by atoms with Gasteiger partial charge in [-0.2, -0.15) is 0 Å². The lowest BCUT2D eigenvalue weighted by molar-refractivity contribution is 0.0603. The minimum Gasteiger partial charge on any atom is -0.465 e. The van der Waals surface area contributed by atoms with Crippen LogP contribution in [0.1, 0.15) is 45.8 Å². The highest BCUT2D eigenvalue weighted by molar-refractivity contribution is 7.20. The Balaban J connectivity index is 1.73. The molecule has 0 atom stereocenters. The predicted molar refractivity (Wildman–Crippen MR) is 118 cm³/mol. The molecular weight excluding hydrogens is 426 g/mol. The summed E-state index contributed by atoms with van der Waals surface area (Å²) in [6, 6.07) is 7.10. The quantitative estimate of drug-likeness (QED) is 0.542. The van der Waals surface area contributed by atoms with E-state index in [1.54, 1.807) is 45.9 Å². The fourth-order valence-electron chi connectivity index (χ4n) is 2.56. The first-order valence-electron chi connectivity index (χ1n) is 8.96. The number of aryl methyl sites for hydroxylation is 1. The first-order chi connectivity index (χ1) is 14.1. The van der Waals surface area contributed by atoms with Crippen LogP contribution in [0.25, 0.3) is 10.1 Å². The fourth-order valence-corrected chi connectivity index (χ4v) is 4.37. The van der Waals surface area contributed by atoms with Crippen molar-refractivity contribution in [2.45, 2.75) is 33.3 Å². The molecule has 10 heteroatoms. The van der Waals surface area contributed by atoms with Crippen LogP contribution in [0.4, 0.5) is 15.6 Å². The molecule has 0 saturated carbocycles. The maximum absolute atomic E-state index is 12.7. The number of thiazole rings is 1. The number of carbonyl (C=O) groups is 3. The highest BCUT2D eigenvalue weighted by atomic mass is 32.1. The number of methoxy groups -OCH3 is 1. The standard InChI is InChI=1S/C20H21N3O5S2/c1-10-15(30-18(21-10)23-19(26)28-20(2,3)4)16(24)22-12-6-7-13-11(8-12)9-14(29-13)17(25)27-5/h6-9H,1-5H3,(H,22,24)(H,21,23,26). The average molecular weight is 448 g/mol. The first-order valence-corrected chi connectivity index (χ1v) is 10.6. The number of esters is 1. The summed E-state index contributed by atoms with van der Waals surface area (Å²) in [5.41, 5.74) is 0.439. The van der Waals surface area contributed by atoms with Crippen LogP contribution in [0, 0.1) is 6.92 Å². The second-order valence-corrected chi connectivity index (χ2v) is 9.45. The van der Waals surface area contributed by atoms with Gasteiger partial charge in [-0.05, 0) is 57.3 Å². The van der Waals surface area contributed by atoms with Gasteiger partial charge in [0.1, 0.15) is 15.4 Å². The Bertz CT molecular complexity index is 1130. The number of fused-ring (bicyclic) bond motifs is 1. The van der Waals surface area contributed by atoms with Crippen LogP contribution in [0.15, 0.2) is 24.3 Å². The van der Waals surface area contributed by atoms with Crippen molar-refractivity contribution < 1.29 is 23.9 Å². The lowest BCUT2D eigenvalue weighted by atomic mass is 10.2. The molecule has 0 saturated heterocycles. The van der Waals surface area contributed by atoms with Gasteiger partial charge in [-0.25, -0.2) is 14.6 Å². The SMILES string of the molecule is COC(=O)c1cc2cc(NC(=O)c3sc(NC(=O)OC(C)(C)C)nc3C)ccc2s1. The molecule has 0 aliphatic rings. The molecule has 0 spiro atoms. The Morgan fingerprint density at radius 2 is 1.80 bits per heavy atom. The van der Waals surface area contributed by atoms with Gasteiger partial charge in [-0.1, -0.05) is 11.3 Å². The lowest BCUT2D eigenvalue weighted by Gasteiger charge is -2.18. The number of carbonyl (C=O) groups excluding carboxylic acids is 3. The van der Waals surface area contributed by atoms with Gasteiger partial charge in [0.25, 0.3) is 5.91 Å². The molecule has 158 valence electrons. The number of ether oxygens (including phenoxy) is 2. The number of benzene rings is 1. The second kappa shape index (κ2) is 8.41. The van der Waals surface area contributed by atoms with Crippen LogP contribution in [0.3, 0.4) is 0 Å². The molecule has 30 heavy (non-hydrogen) atoms. The van der Waals surface area contributed by atoms with Gasteiger partial charge in [0.15, 0.2) is 5.13 Å².